The topological polar surface area (TPSA) is 69.4 Å². The molecule has 5 nitrogen and oxygen atoms in total. The lowest BCUT2D eigenvalue weighted by molar-refractivity contribution is 0.183. The summed E-state index contributed by atoms with van der Waals surface area (Å²) in [6.45, 7) is 3.77. The van der Waals surface area contributed by atoms with E-state index in [0.29, 0.717) is 29.3 Å². The van der Waals surface area contributed by atoms with E-state index in [1.54, 1.807) is 19.2 Å². The Labute approximate surface area is 101 Å². The molecule has 2 unspecified atom stereocenters. The van der Waals surface area contributed by atoms with Gasteiger partial charge in [-0.1, -0.05) is 0 Å². The number of hydrogen-bond acceptors (Lipinski definition) is 5. The number of nitrogen functional groups attached to an aromatic ring is 1. The maximum Gasteiger partial charge on any atom is 0.215 e. The molecule has 0 saturated carbocycles. The summed E-state index contributed by atoms with van der Waals surface area (Å²) in [4.78, 5) is 4.30. The van der Waals surface area contributed by atoms with E-state index in [4.69, 9.17) is 15.2 Å². The third kappa shape index (κ3) is 2.79. The van der Waals surface area contributed by atoms with Crippen molar-refractivity contribution < 1.29 is 9.47 Å². The van der Waals surface area contributed by atoms with Crippen LogP contribution in [0.25, 0.3) is 0 Å². The minimum absolute atomic E-state index is 0.291. The molecule has 3 N–H and O–H groups in total. The quantitative estimate of drug-likeness (QED) is 0.830. The Morgan fingerprint density at radius 1 is 1.59 bits per heavy atom. The number of nitrogens with zero attached hydrogens (tertiary/aromatic N) is 1. The molecular formula is C12H19N3O2. The Bertz CT molecular complexity index is 378. The number of rotatable bonds is 4. The monoisotopic (exact) mass is 237 g/mol. The average Bonchev–Trinajstić information content (AvgIpc) is 2.85. The first kappa shape index (κ1) is 12.0. The van der Waals surface area contributed by atoms with E-state index in [-0.39, 0.29) is 0 Å². The van der Waals surface area contributed by atoms with Crippen molar-refractivity contribution in [2.24, 2.45) is 5.92 Å². The van der Waals surface area contributed by atoms with Gasteiger partial charge in [0, 0.05) is 24.6 Å². The molecular weight excluding hydrogens is 218 g/mol. The summed E-state index contributed by atoms with van der Waals surface area (Å²) in [5.74, 6) is 1.77. The van der Waals surface area contributed by atoms with Gasteiger partial charge in [-0.3, -0.25) is 0 Å². The van der Waals surface area contributed by atoms with Crippen LogP contribution in [-0.4, -0.2) is 31.3 Å². The minimum atomic E-state index is 0.291. The first-order chi connectivity index (χ1) is 8.20. The largest absolute Gasteiger partial charge is 0.481 e. The van der Waals surface area contributed by atoms with E-state index in [9.17, 15) is 0 Å². The summed E-state index contributed by atoms with van der Waals surface area (Å²) >= 11 is 0. The molecule has 1 aliphatic heterocycles. The lowest BCUT2D eigenvalue weighted by Crippen LogP contribution is -2.27. The molecule has 94 valence electrons. The lowest BCUT2D eigenvalue weighted by atomic mass is 10.0. The summed E-state index contributed by atoms with van der Waals surface area (Å²) in [6, 6.07) is 3.84. The van der Waals surface area contributed by atoms with Gasteiger partial charge in [0.1, 0.15) is 0 Å². The van der Waals surface area contributed by atoms with Gasteiger partial charge in [-0.25, -0.2) is 0 Å². The second-order valence-electron chi connectivity index (χ2n) is 4.35. The van der Waals surface area contributed by atoms with Crippen LogP contribution in [0.1, 0.15) is 13.3 Å². The van der Waals surface area contributed by atoms with Crippen molar-refractivity contribution in [1.82, 2.24) is 4.98 Å². The second kappa shape index (κ2) is 5.23. The van der Waals surface area contributed by atoms with Crippen LogP contribution >= 0.6 is 0 Å². The summed E-state index contributed by atoms with van der Waals surface area (Å²) in [5.41, 5.74) is 6.52. The third-order valence-corrected chi connectivity index (χ3v) is 3.15. The van der Waals surface area contributed by atoms with Crippen LogP contribution < -0.4 is 15.8 Å². The van der Waals surface area contributed by atoms with Gasteiger partial charge in [0.15, 0.2) is 5.82 Å². The standard InChI is InChI=1S/C12H19N3O2/c1-8(9-5-6-17-7-9)14-12-10(13)3-4-11(15-12)16-2/h3-4,8-9H,5-7,13H2,1-2H3,(H,14,15). The first-order valence-electron chi connectivity index (χ1n) is 5.85. The maximum absolute atomic E-state index is 5.88. The van der Waals surface area contributed by atoms with Crippen LogP contribution in [-0.2, 0) is 4.74 Å². The zero-order valence-electron chi connectivity index (χ0n) is 10.3. The van der Waals surface area contributed by atoms with Crippen LogP contribution in [0, 0.1) is 5.92 Å². The van der Waals surface area contributed by atoms with E-state index in [0.717, 1.165) is 19.6 Å². The number of nitrogens with one attached hydrogen (secondary N) is 1. The fraction of sp³-hybridized carbons (Fsp3) is 0.583. The molecule has 1 aliphatic rings. The Kier molecular flexibility index (Phi) is 3.68. The van der Waals surface area contributed by atoms with Crippen molar-refractivity contribution in [3.63, 3.8) is 0 Å². The molecule has 1 saturated heterocycles. The SMILES string of the molecule is COc1ccc(N)c(NC(C)C2CCOC2)n1. The molecule has 1 aromatic rings. The highest BCUT2D eigenvalue weighted by Gasteiger charge is 2.22. The Morgan fingerprint density at radius 3 is 3.06 bits per heavy atom. The molecule has 2 heterocycles. The third-order valence-electron chi connectivity index (χ3n) is 3.15. The zero-order chi connectivity index (χ0) is 12.3. The number of methoxy groups -OCH3 is 1. The summed E-state index contributed by atoms with van der Waals surface area (Å²) in [7, 11) is 1.59. The van der Waals surface area contributed by atoms with E-state index >= 15 is 0 Å². The number of nitrogens with two attached hydrogens (primary N) is 1. The van der Waals surface area contributed by atoms with Crippen molar-refractivity contribution in [2.75, 3.05) is 31.4 Å². The van der Waals surface area contributed by atoms with Gasteiger partial charge in [0.05, 0.1) is 19.4 Å². The number of anilines is 2. The number of hydrogen-bond donors (Lipinski definition) is 2. The predicted octanol–water partition coefficient (Wildman–Crippen LogP) is 1.51. The van der Waals surface area contributed by atoms with E-state index in [2.05, 4.69) is 17.2 Å². The molecule has 1 fully saturated rings. The molecule has 0 spiro atoms. The van der Waals surface area contributed by atoms with Gasteiger partial charge in [-0.2, -0.15) is 4.98 Å². The molecule has 17 heavy (non-hydrogen) atoms. The summed E-state index contributed by atoms with van der Waals surface area (Å²) in [5, 5.41) is 3.33. The Hall–Kier alpha value is -1.49. The van der Waals surface area contributed by atoms with Crippen molar-refractivity contribution >= 4 is 11.5 Å². The zero-order valence-corrected chi connectivity index (χ0v) is 10.3. The Balaban J connectivity index is 2.06. The fourth-order valence-corrected chi connectivity index (χ4v) is 1.96. The summed E-state index contributed by atoms with van der Waals surface area (Å²) in [6.07, 6.45) is 1.08. The summed E-state index contributed by atoms with van der Waals surface area (Å²) < 4.78 is 10.5. The van der Waals surface area contributed by atoms with Gasteiger partial charge >= 0.3 is 0 Å². The van der Waals surface area contributed by atoms with E-state index < -0.39 is 0 Å². The lowest BCUT2D eigenvalue weighted by Gasteiger charge is -2.20. The molecule has 2 atom stereocenters. The van der Waals surface area contributed by atoms with Gasteiger partial charge in [0.25, 0.3) is 0 Å². The van der Waals surface area contributed by atoms with Crippen LogP contribution in [0.15, 0.2) is 12.1 Å². The van der Waals surface area contributed by atoms with Crippen LogP contribution in [0.4, 0.5) is 11.5 Å². The molecule has 0 amide bonds. The second-order valence-corrected chi connectivity index (χ2v) is 4.35. The van der Waals surface area contributed by atoms with Crippen LogP contribution in [0.5, 0.6) is 5.88 Å². The molecule has 0 aromatic carbocycles. The van der Waals surface area contributed by atoms with Gasteiger partial charge in [0.2, 0.25) is 5.88 Å². The Morgan fingerprint density at radius 2 is 2.41 bits per heavy atom. The van der Waals surface area contributed by atoms with Gasteiger partial charge in [-0.15, -0.1) is 0 Å². The van der Waals surface area contributed by atoms with Gasteiger partial charge < -0.3 is 20.5 Å². The maximum atomic E-state index is 5.88. The highest BCUT2D eigenvalue weighted by atomic mass is 16.5. The molecule has 5 heteroatoms. The molecule has 0 bridgehead atoms. The highest BCUT2D eigenvalue weighted by Crippen LogP contribution is 2.24. The minimum Gasteiger partial charge on any atom is -0.481 e. The highest BCUT2D eigenvalue weighted by molar-refractivity contribution is 5.62. The predicted molar refractivity (Wildman–Crippen MR) is 67.2 cm³/mol. The smallest absolute Gasteiger partial charge is 0.215 e. The average molecular weight is 237 g/mol. The van der Waals surface area contributed by atoms with Crippen molar-refractivity contribution in [3.05, 3.63) is 12.1 Å². The van der Waals surface area contributed by atoms with Crippen LogP contribution in [0.2, 0.25) is 0 Å². The number of pyridine rings is 1. The normalized spacial score (nSPS) is 21.2. The van der Waals surface area contributed by atoms with Crippen LogP contribution in [0.3, 0.4) is 0 Å². The van der Waals surface area contributed by atoms with Crippen molar-refractivity contribution in [1.29, 1.82) is 0 Å². The number of ether oxygens (including phenoxy) is 2. The van der Waals surface area contributed by atoms with Crippen molar-refractivity contribution in [2.45, 2.75) is 19.4 Å². The van der Waals surface area contributed by atoms with E-state index in [1.165, 1.54) is 0 Å². The van der Waals surface area contributed by atoms with Gasteiger partial charge in [-0.05, 0) is 19.4 Å². The molecule has 0 aliphatic carbocycles. The number of aromatic nitrogens is 1. The molecule has 1 aromatic heterocycles. The van der Waals surface area contributed by atoms with Crippen molar-refractivity contribution in [3.8, 4) is 5.88 Å². The molecule has 0 radical (unpaired) electrons. The van der Waals surface area contributed by atoms with E-state index in [1.807, 2.05) is 0 Å². The first-order valence-corrected chi connectivity index (χ1v) is 5.85. The molecule has 2 rings (SSSR count). The fourth-order valence-electron chi connectivity index (χ4n) is 1.96.